The zero-order chi connectivity index (χ0) is 13.5. The van der Waals surface area contributed by atoms with E-state index >= 15 is 0 Å². The minimum absolute atomic E-state index is 0.126. The number of rotatable bonds is 1. The molecule has 0 saturated carbocycles. The van der Waals surface area contributed by atoms with Crippen molar-refractivity contribution in [3.8, 4) is 0 Å². The van der Waals surface area contributed by atoms with Gasteiger partial charge in [-0.2, -0.15) is 0 Å². The minimum atomic E-state index is -1.04. The van der Waals surface area contributed by atoms with Crippen molar-refractivity contribution >= 4 is 16.9 Å². The first-order valence-electron chi connectivity index (χ1n) is 5.63. The number of carbonyl (C=O) groups is 1. The molecule has 0 amide bonds. The van der Waals surface area contributed by atoms with Gasteiger partial charge in [-0.15, -0.1) is 0 Å². The maximum absolute atomic E-state index is 13.4. The van der Waals surface area contributed by atoms with Gasteiger partial charge in [0, 0.05) is 11.6 Å². The van der Waals surface area contributed by atoms with Gasteiger partial charge < -0.3 is 5.11 Å². The molecule has 0 bridgehead atoms. The molecule has 0 unspecified atom stereocenters. The highest BCUT2D eigenvalue weighted by Gasteiger charge is 2.25. The van der Waals surface area contributed by atoms with Gasteiger partial charge in [-0.1, -0.05) is 20.8 Å². The van der Waals surface area contributed by atoms with Gasteiger partial charge in [0.15, 0.2) is 0 Å². The lowest BCUT2D eigenvalue weighted by Crippen LogP contribution is -2.18. The molecule has 3 nitrogen and oxygen atoms in total. The van der Waals surface area contributed by atoms with Crippen LogP contribution in [0, 0.1) is 5.82 Å². The van der Waals surface area contributed by atoms with Crippen LogP contribution in [0.15, 0.2) is 24.4 Å². The molecule has 0 radical (unpaired) electrons. The molecule has 0 aliphatic carbocycles. The third-order valence-electron chi connectivity index (χ3n) is 2.81. The fourth-order valence-electron chi connectivity index (χ4n) is 2.13. The second kappa shape index (κ2) is 4.05. The van der Waals surface area contributed by atoms with E-state index in [2.05, 4.69) is 4.98 Å². The van der Waals surface area contributed by atoms with E-state index in [-0.39, 0.29) is 5.56 Å². The van der Waals surface area contributed by atoms with Gasteiger partial charge in [-0.05, 0) is 29.2 Å². The Balaban J connectivity index is 2.93. The lowest BCUT2D eigenvalue weighted by molar-refractivity contribution is 0.0694. The van der Waals surface area contributed by atoms with Gasteiger partial charge in [0.25, 0.3) is 0 Å². The second-order valence-electron chi connectivity index (χ2n) is 5.26. The number of nitrogens with zero attached hydrogens (tertiary/aromatic N) is 1. The summed E-state index contributed by atoms with van der Waals surface area (Å²) in [5, 5.41) is 9.78. The molecule has 2 aromatic rings. The summed E-state index contributed by atoms with van der Waals surface area (Å²) in [7, 11) is 0. The number of carboxylic acid groups (broad SMARTS) is 1. The Bertz CT molecular complexity index is 629. The topological polar surface area (TPSA) is 50.2 Å². The summed E-state index contributed by atoms with van der Waals surface area (Å²) in [5.74, 6) is -1.43. The van der Waals surface area contributed by atoms with Crippen molar-refractivity contribution < 1.29 is 14.3 Å². The maximum atomic E-state index is 13.4. The number of benzene rings is 1. The lowest BCUT2D eigenvalue weighted by atomic mass is 9.82. The van der Waals surface area contributed by atoms with E-state index in [1.165, 1.54) is 18.3 Å². The Morgan fingerprint density at radius 2 is 2.00 bits per heavy atom. The Labute approximate surface area is 104 Å². The van der Waals surface area contributed by atoms with Gasteiger partial charge in [-0.3, -0.25) is 4.98 Å². The summed E-state index contributed by atoms with van der Waals surface area (Å²) < 4.78 is 13.4. The molecule has 0 aliphatic heterocycles. The number of aromatic carboxylic acids is 1. The lowest BCUT2D eigenvalue weighted by Gasteiger charge is -2.23. The number of hydrogen-bond donors (Lipinski definition) is 1. The fourth-order valence-corrected chi connectivity index (χ4v) is 2.13. The third kappa shape index (κ3) is 2.06. The maximum Gasteiger partial charge on any atom is 0.337 e. The van der Waals surface area contributed by atoms with Gasteiger partial charge in [0.2, 0.25) is 0 Å². The molecule has 0 fully saturated rings. The summed E-state index contributed by atoms with van der Waals surface area (Å²) in [4.78, 5) is 15.3. The summed E-state index contributed by atoms with van der Waals surface area (Å²) in [6.45, 7) is 5.71. The van der Waals surface area contributed by atoms with Crippen molar-refractivity contribution in [2.24, 2.45) is 0 Å². The van der Waals surface area contributed by atoms with Crippen LogP contribution in [0.4, 0.5) is 4.39 Å². The number of fused-ring (bicyclic) bond motifs is 1. The van der Waals surface area contributed by atoms with Crippen LogP contribution >= 0.6 is 0 Å². The molecule has 0 saturated heterocycles. The smallest absolute Gasteiger partial charge is 0.337 e. The zero-order valence-corrected chi connectivity index (χ0v) is 10.5. The summed E-state index contributed by atoms with van der Waals surface area (Å²) in [5.41, 5.74) is 0.939. The van der Waals surface area contributed by atoms with Crippen LogP contribution < -0.4 is 0 Å². The van der Waals surface area contributed by atoms with Gasteiger partial charge in [0.1, 0.15) is 5.82 Å². The quantitative estimate of drug-likeness (QED) is 0.840. The first-order chi connectivity index (χ1) is 8.30. The monoisotopic (exact) mass is 247 g/mol. The van der Waals surface area contributed by atoms with Crippen molar-refractivity contribution in [3.05, 3.63) is 41.3 Å². The standard InChI is InChI=1S/C14H14FNO2/c1-14(2,3)12-9-6-8(15)4-5-11(9)16-7-10(12)13(17)18/h4-7H,1-3H3,(H,17,18). The van der Waals surface area contributed by atoms with Gasteiger partial charge in [0.05, 0.1) is 11.1 Å². The molecule has 0 atom stereocenters. The summed E-state index contributed by atoms with van der Waals surface area (Å²) >= 11 is 0. The fraction of sp³-hybridized carbons (Fsp3) is 0.286. The second-order valence-corrected chi connectivity index (χ2v) is 5.26. The highest BCUT2D eigenvalue weighted by molar-refractivity contribution is 5.96. The molecule has 1 heterocycles. The van der Waals surface area contributed by atoms with Crippen molar-refractivity contribution in [3.63, 3.8) is 0 Å². The van der Waals surface area contributed by atoms with E-state index < -0.39 is 17.2 Å². The molecule has 2 rings (SSSR count). The summed E-state index contributed by atoms with van der Waals surface area (Å²) in [6, 6.07) is 4.23. The first-order valence-corrected chi connectivity index (χ1v) is 5.63. The molecule has 0 aliphatic rings. The van der Waals surface area contributed by atoms with Crippen LogP contribution in [0.5, 0.6) is 0 Å². The Morgan fingerprint density at radius 3 is 2.56 bits per heavy atom. The molecule has 1 N–H and O–H groups in total. The van der Waals surface area contributed by atoms with Crippen LogP contribution in [0.2, 0.25) is 0 Å². The zero-order valence-electron chi connectivity index (χ0n) is 10.5. The largest absolute Gasteiger partial charge is 0.478 e. The molecule has 4 heteroatoms. The SMILES string of the molecule is CC(C)(C)c1c(C(=O)O)cnc2ccc(F)cc12. The molecule has 1 aromatic heterocycles. The number of aromatic nitrogens is 1. The van der Waals surface area contributed by atoms with Crippen LogP contribution in [-0.2, 0) is 5.41 Å². The number of pyridine rings is 1. The molecule has 18 heavy (non-hydrogen) atoms. The Morgan fingerprint density at radius 1 is 1.33 bits per heavy atom. The first kappa shape index (κ1) is 12.5. The van der Waals surface area contributed by atoms with Gasteiger partial charge >= 0.3 is 5.97 Å². The molecule has 1 aromatic carbocycles. The van der Waals surface area contributed by atoms with Crippen molar-refractivity contribution in [1.29, 1.82) is 0 Å². The van der Waals surface area contributed by atoms with E-state index in [4.69, 9.17) is 0 Å². The summed E-state index contributed by atoms with van der Waals surface area (Å²) in [6.07, 6.45) is 1.34. The van der Waals surface area contributed by atoms with E-state index in [1.54, 1.807) is 6.07 Å². The Kier molecular flexibility index (Phi) is 2.81. The molecular formula is C14H14FNO2. The number of halogens is 1. The van der Waals surface area contributed by atoms with Crippen LogP contribution in [-0.4, -0.2) is 16.1 Å². The number of carboxylic acids is 1. The van der Waals surface area contributed by atoms with E-state index in [0.717, 1.165) is 0 Å². The van der Waals surface area contributed by atoms with E-state index in [1.807, 2.05) is 20.8 Å². The normalized spacial score (nSPS) is 11.8. The van der Waals surface area contributed by atoms with Gasteiger partial charge in [-0.25, -0.2) is 9.18 Å². The van der Waals surface area contributed by atoms with Crippen LogP contribution in [0.1, 0.15) is 36.7 Å². The van der Waals surface area contributed by atoms with E-state index in [0.29, 0.717) is 16.5 Å². The molecular weight excluding hydrogens is 233 g/mol. The van der Waals surface area contributed by atoms with Crippen LogP contribution in [0.25, 0.3) is 10.9 Å². The average molecular weight is 247 g/mol. The van der Waals surface area contributed by atoms with Crippen molar-refractivity contribution in [1.82, 2.24) is 4.98 Å². The molecule has 0 spiro atoms. The predicted octanol–water partition coefficient (Wildman–Crippen LogP) is 3.37. The third-order valence-corrected chi connectivity index (χ3v) is 2.81. The highest BCUT2D eigenvalue weighted by atomic mass is 19.1. The minimum Gasteiger partial charge on any atom is -0.478 e. The van der Waals surface area contributed by atoms with E-state index in [9.17, 15) is 14.3 Å². The molecule has 94 valence electrons. The number of hydrogen-bond acceptors (Lipinski definition) is 2. The predicted molar refractivity (Wildman–Crippen MR) is 67.4 cm³/mol. The average Bonchev–Trinajstić information content (AvgIpc) is 2.25. The van der Waals surface area contributed by atoms with Crippen LogP contribution in [0.3, 0.4) is 0 Å². The van der Waals surface area contributed by atoms with Crippen molar-refractivity contribution in [2.75, 3.05) is 0 Å². The van der Waals surface area contributed by atoms with Crippen molar-refractivity contribution in [2.45, 2.75) is 26.2 Å². The highest BCUT2D eigenvalue weighted by Crippen LogP contribution is 2.32. The Hall–Kier alpha value is -1.97.